The number of hydrogen-bond acceptors (Lipinski definition) is 3. The van der Waals surface area contributed by atoms with Gasteiger partial charge in [0.05, 0.1) is 0 Å². The molecule has 0 radical (unpaired) electrons. The Hall–Kier alpha value is -0.120. The van der Waals surface area contributed by atoms with Crippen LogP contribution in [0.15, 0.2) is 0 Å². The molecule has 1 saturated heterocycles. The molecule has 2 rings (SSSR count). The highest BCUT2D eigenvalue weighted by atomic mass is 15.2. The Labute approximate surface area is 126 Å². The number of hydrogen-bond donors (Lipinski definition) is 1. The number of nitrogens with one attached hydrogen (secondary N) is 1. The predicted octanol–water partition coefficient (Wildman–Crippen LogP) is 2.71. The summed E-state index contributed by atoms with van der Waals surface area (Å²) in [6, 6.07) is 1.64. The lowest BCUT2D eigenvalue weighted by atomic mass is 9.95. The van der Waals surface area contributed by atoms with Crippen molar-refractivity contribution in [2.75, 3.05) is 39.3 Å². The molecule has 118 valence electrons. The van der Waals surface area contributed by atoms with Crippen LogP contribution in [0.25, 0.3) is 0 Å². The van der Waals surface area contributed by atoms with E-state index in [4.69, 9.17) is 0 Å². The maximum Gasteiger partial charge on any atom is 0.0235 e. The Morgan fingerprint density at radius 1 is 1.05 bits per heavy atom. The van der Waals surface area contributed by atoms with E-state index in [0.717, 1.165) is 12.1 Å². The smallest absolute Gasteiger partial charge is 0.0235 e. The second-order valence-corrected chi connectivity index (χ2v) is 6.61. The summed E-state index contributed by atoms with van der Waals surface area (Å²) in [4.78, 5) is 5.30. The van der Waals surface area contributed by atoms with Crippen LogP contribution in [-0.2, 0) is 0 Å². The van der Waals surface area contributed by atoms with Crippen molar-refractivity contribution in [3.63, 3.8) is 0 Å². The lowest BCUT2D eigenvalue weighted by Crippen LogP contribution is -2.38. The van der Waals surface area contributed by atoms with Crippen molar-refractivity contribution in [1.82, 2.24) is 15.1 Å². The molecule has 1 aliphatic carbocycles. The molecule has 0 amide bonds. The summed E-state index contributed by atoms with van der Waals surface area (Å²) in [5.74, 6) is 0. The first-order valence-corrected chi connectivity index (χ1v) is 9.03. The van der Waals surface area contributed by atoms with Crippen molar-refractivity contribution >= 4 is 0 Å². The zero-order chi connectivity index (χ0) is 14.2. The SMILES string of the molecule is CCN(CC)C1CCN(CCCNC2CCCCC2)C1. The number of likely N-dealkylation sites (tertiary alicyclic amines) is 1. The highest BCUT2D eigenvalue weighted by molar-refractivity contribution is 4.82. The van der Waals surface area contributed by atoms with E-state index in [9.17, 15) is 0 Å². The Bertz CT molecular complexity index is 247. The molecule has 1 N–H and O–H groups in total. The molecule has 0 aromatic carbocycles. The third-order valence-corrected chi connectivity index (χ3v) is 5.27. The average molecular weight is 281 g/mol. The standard InChI is InChI=1S/C17H35N3/c1-3-20(4-2)17-11-14-19(15-17)13-8-12-18-16-9-6-5-7-10-16/h16-18H,3-15H2,1-2H3. The van der Waals surface area contributed by atoms with Crippen molar-refractivity contribution in [2.45, 2.75) is 70.9 Å². The van der Waals surface area contributed by atoms with Crippen molar-refractivity contribution in [1.29, 1.82) is 0 Å². The van der Waals surface area contributed by atoms with Gasteiger partial charge in [-0.1, -0.05) is 33.1 Å². The first kappa shape index (κ1) is 16.3. The molecular formula is C17H35N3. The van der Waals surface area contributed by atoms with Crippen LogP contribution in [0.4, 0.5) is 0 Å². The van der Waals surface area contributed by atoms with E-state index in [1.165, 1.54) is 84.2 Å². The first-order valence-electron chi connectivity index (χ1n) is 9.03. The van der Waals surface area contributed by atoms with Crippen LogP contribution in [0.1, 0.15) is 58.8 Å². The fourth-order valence-corrected chi connectivity index (χ4v) is 3.97. The van der Waals surface area contributed by atoms with Gasteiger partial charge < -0.3 is 10.2 Å². The van der Waals surface area contributed by atoms with Crippen LogP contribution in [-0.4, -0.2) is 61.2 Å². The van der Waals surface area contributed by atoms with Crippen LogP contribution < -0.4 is 5.32 Å². The zero-order valence-electron chi connectivity index (χ0n) is 13.7. The molecule has 2 fully saturated rings. The largest absolute Gasteiger partial charge is 0.314 e. The van der Waals surface area contributed by atoms with Crippen LogP contribution in [0.2, 0.25) is 0 Å². The van der Waals surface area contributed by atoms with Gasteiger partial charge in [-0.25, -0.2) is 0 Å². The average Bonchev–Trinajstić information content (AvgIpc) is 2.95. The van der Waals surface area contributed by atoms with Gasteiger partial charge in [0.25, 0.3) is 0 Å². The highest BCUT2D eigenvalue weighted by Gasteiger charge is 2.25. The summed E-state index contributed by atoms with van der Waals surface area (Å²) in [5.41, 5.74) is 0. The Morgan fingerprint density at radius 2 is 1.80 bits per heavy atom. The fourth-order valence-electron chi connectivity index (χ4n) is 3.97. The molecule has 1 aliphatic heterocycles. The molecule has 2 aliphatic rings. The van der Waals surface area contributed by atoms with Crippen molar-refractivity contribution in [3.8, 4) is 0 Å². The molecule has 0 aromatic heterocycles. The summed E-state index contributed by atoms with van der Waals surface area (Å²) in [6.45, 7) is 12.1. The van der Waals surface area contributed by atoms with Gasteiger partial charge in [0, 0.05) is 18.6 Å². The maximum atomic E-state index is 3.76. The lowest BCUT2D eigenvalue weighted by molar-refractivity contribution is 0.210. The van der Waals surface area contributed by atoms with Crippen molar-refractivity contribution < 1.29 is 0 Å². The first-order chi connectivity index (χ1) is 9.83. The van der Waals surface area contributed by atoms with Crippen molar-refractivity contribution in [2.24, 2.45) is 0 Å². The van der Waals surface area contributed by atoms with Gasteiger partial charge in [0.1, 0.15) is 0 Å². The topological polar surface area (TPSA) is 18.5 Å². The third-order valence-electron chi connectivity index (χ3n) is 5.27. The van der Waals surface area contributed by atoms with Gasteiger partial charge in [-0.3, -0.25) is 4.90 Å². The van der Waals surface area contributed by atoms with Gasteiger partial charge in [-0.15, -0.1) is 0 Å². The molecule has 1 saturated carbocycles. The molecule has 0 aromatic rings. The summed E-state index contributed by atoms with van der Waals surface area (Å²) in [7, 11) is 0. The van der Waals surface area contributed by atoms with Crippen LogP contribution in [0.3, 0.4) is 0 Å². The maximum absolute atomic E-state index is 3.76. The zero-order valence-corrected chi connectivity index (χ0v) is 13.7. The normalized spacial score (nSPS) is 25.6. The Morgan fingerprint density at radius 3 is 2.50 bits per heavy atom. The minimum atomic E-state index is 0.816. The van der Waals surface area contributed by atoms with Gasteiger partial charge in [0.15, 0.2) is 0 Å². The molecular weight excluding hydrogens is 246 g/mol. The molecule has 1 atom stereocenters. The van der Waals surface area contributed by atoms with E-state index in [1.807, 2.05) is 0 Å². The van der Waals surface area contributed by atoms with E-state index >= 15 is 0 Å². The van der Waals surface area contributed by atoms with Gasteiger partial charge in [0.2, 0.25) is 0 Å². The number of nitrogens with zero attached hydrogens (tertiary/aromatic N) is 2. The molecule has 0 spiro atoms. The molecule has 3 nitrogen and oxygen atoms in total. The number of rotatable bonds is 8. The molecule has 1 unspecified atom stereocenters. The molecule has 20 heavy (non-hydrogen) atoms. The quantitative estimate of drug-likeness (QED) is 0.690. The fraction of sp³-hybridized carbons (Fsp3) is 1.00. The highest BCUT2D eigenvalue weighted by Crippen LogP contribution is 2.18. The summed E-state index contributed by atoms with van der Waals surface area (Å²) in [6.07, 6.45) is 9.85. The van der Waals surface area contributed by atoms with Crippen molar-refractivity contribution in [3.05, 3.63) is 0 Å². The summed E-state index contributed by atoms with van der Waals surface area (Å²) in [5, 5.41) is 3.76. The monoisotopic (exact) mass is 281 g/mol. The second kappa shape index (κ2) is 9.01. The summed E-state index contributed by atoms with van der Waals surface area (Å²) >= 11 is 0. The lowest BCUT2D eigenvalue weighted by Gasteiger charge is -2.26. The Kier molecular flexibility index (Phi) is 7.32. The predicted molar refractivity (Wildman–Crippen MR) is 87.3 cm³/mol. The van der Waals surface area contributed by atoms with E-state index in [-0.39, 0.29) is 0 Å². The van der Waals surface area contributed by atoms with Gasteiger partial charge in [-0.2, -0.15) is 0 Å². The molecule has 0 bridgehead atoms. The molecule has 3 heteroatoms. The van der Waals surface area contributed by atoms with Gasteiger partial charge >= 0.3 is 0 Å². The molecule has 1 heterocycles. The minimum Gasteiger partial charge on any atom is -0.314 e. The summed E-state index contributed by atoms with van der Waals surface area (Å²) < 4.78 is 0. The minimum absolute atomic E-state index is 0.816. The van der Waals surface area contributed by atoms with E-state index < -0.39 is 0 Å². The van der Waals surface area contributed by atoms with E-state index in [1.54, 1.807) is 0 Å². The van der Waals surface area contributed by atoms with Crippen LogP contribution in [0, 0.1) is 0 Å². The van der Waals surface area contributed by atoms with E-state index in [0.29, 0.717) is 0 Å². The van der Waals surface area contributed by atoms with Crippen LogP contribution >= 0.6 is 0 Å². The third kappa shape index (κ3) is 5.01. The van der Waals surface area contributed by atoms with Gasteiger partial charge in [-0.05, 0) is 58.4 Å². The second-order valence-electron chi connectivity index (χ2n) is 6.61. The van der Waals surface area contributed by atoms with E-state index in [2.05, 4.69) is 29.0 Å². The number of likely N-dealkylation sites (N-methyl/N-ethyl adjacent to an activating group) is 1. The Balaban J connectivity index is 1.54. The van der Waals surface area contributed by atoms with Crippen LogP contribution in [0.5, 0.6) is 0 Å².